The van der Waals surface area contributed by atoms with Gasteiger partial charge in [-0.2, -0.15) is 0 Å². The summed E-state index contributed by atoms with van der Waals surface area (Å²) in [4.78, 5) is 13.5. The Labute approximate surface area is 165 Å². The molecule has 3 rings (SSSR count). The van der Waals surface area contributed by atoms with Crippen LogP contribution in [0.25, 0.3) is 0 Å². The number of benzene rings is 2. The third-order valence-corrected chi connectivity index (χ3v) is 6.03. The highest BCUT2D eigenvalue weighted by Gasteiger charge is 2.24. The maximum atomic E-state index is 12.7. The SMILES string of the molecule is CCOc1cc(CNS(=O)(=O)c2ccc3c(c2)CCN3C(C)=O)ccc1OC. The summed E-state index contributed by atoms with van der Waals surface area (Å²) >= 11 is 0. The second-order valence-electron chi connectivity index (χ2n) is 6.45. The van der Waals surface area contributed by atoms with Gasteiger partial charge < -0.3 is 14.4 Å². The Morgan fingerprint density at radius 3 is 2.64 bits per heavy atom. The molecule has 0 saturated carbocycles. The average Bonchev–Trinajstić information content (AvgIpc) is 3.10. The first kappa shape index (κ1) is 20.2. The molecule has 1 aliphatic rings. The molecule has 1 N–H and O–H groups in total. The van der Waals surface area contributed by atoms with Crippen molar-refractivity contribution in [2.45, 2.75) is 31.7 Å². The molecule has 0 saturated heterocycles. The number of nitrogens with zero attached hydrogens (tertiary/aromatic N) is 1. The molecule has 7 nitrogen and oxygen atoms in total. The van der Waals surface area contributed by atoms with Crippen LogP contribution in [0.3, 0.4) is 0 Å². The van der Waals surface area contributed by atoms with Crippen LogP contribution in [-0.2, 0) is 27.8 Å². The molecule has 1 heterocycles. The maximum Gasteiger partial charge on any atom is 0.240 e. The minimum absolute atomic E-state index is 0.0444. The van der Waals surface area contributed by atoms with E-state index in [1.165, 1.54) is 13.0 Å². The van der Waals surface area contributed by atoms with Crippen LogP contribution in [0.4, 0.5) is 5.69 Å². The molecule has 0 spiro atoms. The molecule has 0 unspecified atom stereocenters. The van der Waals surface area contributed by atoms with Crippen LogP contribution in [0.15, 0.2) is 41.3 Å². The van der Waals surface area contributed by atoms with Crippen molar-refractivity contribution in [3.63, 3.8) is 0 Å². The molecule has 1 amide bonds. The van der Waals surface area contributed by atoms with E-state index in [4.69, 9.17) is 9.47 Å². The van der Waals surface area contributed by atoms with Crippen molar-refractivity contribution in [2.75, 3.05) is 25.2 Å². The number of carbonyl (C=O) groups is 1. The molecule has 0 bridgehead atoms. The summed E-state index contributed by atoms with van der Waals surface area (Å²) in [5.74, 6) is 1.13. The van der Waals surface area contributed by atoms with Gasteiger partial charge in [0, 0.05) is 25.7 Å². The minimum Gasteiger partial charge on any atom is -0.493 e. The fraction of sp³-hybridized carbons (Fsp3) is 0.350. The van der Waals surface area contributed by atoms with Crippen LogP contribution in [0.2, 0.25) is 0 Å². The Morgan fingerprint density at radius 1 is 1.18 bits per heavy atom. The normalized spacial score (nSPS) is 13.3. The van der Waals surface area contributed by atoms with Crippen molar-refractivity contribution in [3.8, 4) is 11.5 Å². The lowest BCUT2D eigenvalue weighted by molar-refractivity contribution is -0.116. The summed E-state index contributed by atoms with van der Waals surface area (Å²) in [7, 11) is -2.13. The lowest BCUT2D eigenvalue weighted by Crippen LogP contribution is -2.26. The van der Waals surface area contributed by atoms with Crippen molar-refractivity contribution in [1.29, 1.82) is 0 Å². The predicted molar refractivity (Wildman–Crippen MR) is 106 cm³/mol. The average molecular weight is 404 g/mol. The number of hydrogen-bond donors (Lipinski definition) is 1. The number of sulfonamides is 1. The molecule has 1 aliphatic heterocycles. The van der Waals surface area contributed by atoms with Gasteiger partial charge in [-0.15, -0.1) is 0 Å². The smallest absolute Gasteiger partial charge is 0.240 e. The first-order valence-electron chi connectivity index (χ1n) is 9.06. The lowest BCUT2D eigenvalue weighted by atomic mass is 10.2. The van der Waals surface area contributed by atoms with Crippen LogP contribution >= 0.6 is 0 Å². The van der Waals surface area contributed by atoms with Gasteiger partial charge in [-0.25, -0.2) is 13.1 Å². The highest BCUT2D eigenvalue weighted by molar-refractivity contribution is 7.89. The maximum absolute atomic E-state index is 12.7. The van der Waals surface area contributed by atoms with Gasteiger partial charge in [-0.1, -0.05) is 6.07 Å². The van der Waals surface area contributed by atoms with Gasteiger partial charge in [0.05, 0.1) is 18.6 Å². The summed E-state index contributed by atoms with van der Waals surface area (Å²) < 4.78 is 38.8. The molecule has 0 atom stereocenters. The molecule has 0 fully saturated rings. The molecule has 2 aromatic carbocycles. The van der Waals surface area contributed by atoms with E-state index in [1.807, 2.05) is 6.92 Å². The van der Waals surface area contributed by atoms with Crippen LogP contribution in [-0.4, -0.2) is 34.6 Å². The molecule has 150 valence electrons. The number of rotatable bonds is 7. The zero-order valence-electron chi connectivity index (χ0n) is 16.2. The topological polar surface area (TPSA) is 84.9 Å². The molecule has 28 heavy (non-hydrogen) atoms. The summed E-state index contributed by atoms with van der Waals surface area (Å²) in [5.41, 5.74) is 2.40. The number of fused-ring (bicyclic) bond motifs is 1. The molecular formula is C20H24N2O5S. The van der Waals surface area contributed by atoms with E-state index in [0.717, 1.165) is 16.8 Å². The van der Waals surface area contributed by atoms with E-state index in [1.54, 1.807) is 42.3 Å². The van der Waals surface area contributed by atoms with Crippen LogP contribution in [0, 0.1) is 0 Å². The second-order valence-corrected chi connectivity index (χ2v) is 8.22. The fourth-order valence-electron chi connectivity index (χ4n) is 3.23. The first-order chi connectivity index (χ1) is 13.4. The van der Waals surface area contributed by atoms with Crippen LogP contribution in [0.5, 0.6) is 11.5 Å². The molecule has 0 aliphatic carbocycles. The number of methoxy groups -OCH3 is 1. The van der Waals surface area contributed by atoms with Gasteiger partial charge in [0.15, 0.2) is 11.5 Å². The van der Waals surface area contributed by atoms with Crippen molar-refractivity contribution < 1.29 is 22.7 Å². The summed E-state index contributed by atoms with van der Waals surface area (Å²) in [5, 5.41) is 0. The third-order valence-electron chi connectivity index (χ3n) is 4.63. The van der Waals surface area contributed by atoms with E-state index < -0.39 is 10.0 Å². The predicted octanol–water partition coefficient (Wildman–Crippen LogP) is 2.48. The Morgan fingerprint density at radius 2 is 1.96 bits per heavy atom. The third kappa shape index (κ3) is 4.13. The summed E-state index contributed by atoms with van der Waals surface area (Å²) in [6.07, 6.45) is 0.647. The minimum atomic E-state index is -3.68. The lowest BCUT2D eigenvalue weighted by Gasteiger charge is -2.15. The van der Waals surface area contributed by atoms with Gasteiger partial charge in [0.2, 0.25) is 15.9 Å². The zero-order valence-corrected chi connectivity index (χ0v) is 17.0. The standard InChI is InChI=1S/C20H24N2O5S/c1-4-27-20-11-15(5-8-19(20)26-3)13-21-28(24,25)17-6-7-18-16(12-17)9-10-22(18)14(2)23/h5-8,11-12,21H,4,9-10,13H2,1-3H3. The highest BCUT2D eigenvalue weighted by Crippen LogP contribution is 2.31. The number of amides is 1. The number of ether oxygens (including phenoxy) is 2. The van der Waals surface area contributed by atoms with Gasteiger partial charge in [0.25, 0.3) is 0 Å². The summed E-state index contributed by atoms with van der Waals surface area (Å²) in [6.45, 7) is 4.57. The zero-order chi connectivity index (χ0) is 20.3. The second kappa shape index (κ2) is 8.20. The number of nitrogens with one attached hydrogen (secondary N) is 1. The van der Waals surface area contributed by atoms with E-state index >= 15 is 0 Å². The number of carbonyl (C=O) groups excluding carboxylic acids is 1. The van der Waals surface area contributed by atoms with Gasteiger partial charge in [-0.05, 0) is 54.8 Å². The van der Waals surface area contributed by atoms with Crippen molar-refractivity contribution in [2.24, 2.45) is 0 Å². The molecule has 0 radical (unpaired) electrons. The quantitative estimate of drug-likeness (QED) is 0.766. The number of hydrogen-bond acceptors (Lipinski definition) is 5. The first-order valence-corrected chi connectivity index (χ1v) is 10.5. The molecule has 2 aromatic rings. The molecule has 0 aromatic heterocycles. The largest absolute Gasteiger partial charge is 0.493 e. The van der Waals surface area contributed by atoms with E-state index in [-0.39, 0.29) is 17.3 Å². The Bertz CT molecular complexity index is 988. The Kier molecular flexibility index (Phi) is 5.90. The van der Waals surface area contributed by atoms with Crippen molar-refractivity contribution in [3.05, 3.63) is 47.5 Å². The fourth-order valence-corrected chi connectivity index (χ4v) is 4.30. The van der Waals surface area contributed by atoms with Gasteiger partial charge in [0.1, 0.15) is 0 Å². The van der Waals surface area contributed by atoms with Crippen molar-refractivity contribution >= 4 is 21.6 Å². The van der Waals surface area contributed by atoms with Crippen LogP contribution < -0.4 is 19.1 Å². The Hall–Kier alpha value is -2.58. The molecule has 8 heteroatoms. The molecular weight excluding hydrogens is 380 g/mol. The van der Waals surface area contributed by atoms with Gasteiger partial charge in [-0.3, -0.25) is 4.79 Å². The van der Waals surface area contributed by atoms with Gasteiger partial charge >= 0.3 is 0 Å². The highest BCUT2D eigenvalue weighted by atomic mass is 32.2. The van der Waals surface area contributed by atoms with E-state index in [0.29, 0.717) is 31.1 Å². The summed E-state index contributed by atoms with van der Waals surface area (Å²) in [6, 6.07) is 10.2. The van der Waals surface area contributed by atoms with Crippen molar-refractivity contribution in [1.82, 2.24) is 4.72 Å². The van der Waals surface area contributed by atoms with Crippen LogP contribution in [0.1, 0.15) is 25.0 Å². The number of anilines is 1. The van der Waals surface area contributed by atoms with E-state index in [9.17, 15) is 13.2 Å². The Balaban J connectivity index is 1.76. The monoisotopic (exact) mass is 404 g/mol. The van der Waals surface area contributed by atoms with E-state index in [2.05, 4.69) is 4.72 Å².